The zero-order chi connectivity index (χ0) is 15.1. The highest BCUT2D eigenvalue weighted by Crippen LogP contribution is 2.27. The van der Waals surface area contributed by atoms with Crippen molar-refractivity contribution in [1.29, 1.82) is 0 Å². The lowest BCUT2D eigenvalue weighted by atomic mass is 10.1. The number of amides is 1. The van der Waals surface area contributed by atoms with Gasteiger partial charge in [-0.1, -0.05) is 19.9 Å². The minimum Gasteiger partial charge on any atom is -0.493 e. The molecule has 0 aliphatic heterocycles. The summed E-state index contributed by atoms with van der Waals surface area (Å²) in [5.74, 6) is 1.19. The number of hydrogen-bond acceptors (Lipinski definition) is 4. The fraction of sp³-hybridized carbons (Fsp3) is 0.533. The summed E-state index contributed by atoms with van der Waals surface area (Å²) in [7, 11) is 1.52. The number of ether oxygens (including phenoxy) is 2. The van der Waals surface area contributed by atoms with E-state index in [0.717, 1.165) is 5.56 Å². The quantitative estimate of drug-likeness (QED) is 0.798. The largest absolute Gasteiger partial charge is 0.493 e. The first kappa shape index (κ1) is 16.3. The van der Waals surface area contributed by atoms with E-state index in [4.69, 9.17) is 14.6 Å². The van der Waals surface area contributed by atoms with Gasteiger partial charge < -0.3 is 19.9 Å². The summed E-state index contributed by atoms with van der Waals surface area (Å²) in [6.45, 7) is 5.92. The third-order valence-corrected chi connectivity index (χ3v) is 3.16. The number of methoxy groups -OCH3 is 1. The SMILES string of the molecule is COc1cc(CO)ccc1OCC(=O)NC(C)C(C)C. The van der Waals surface area contributed by atoms with Gasteiger partial charge in [0, 0.05) is 6.04 Å². The molecule has 0 aliphatic rings. The lowest BCUT2D eigenvalue weighted by Crippen LogP contribution is -2.38. The maximum Gasteiger partial charge on any atom is 0.258 e. The van der Waals surface area contributed by atoms with E-state index in [2.05, 4.69) is 5.32 Å². The molecule has 0 heterocycles. The summed E-state index contributed by atoms with van der Waals surface area (Å²) < 4.78 is 10.6. The molecule has 112 valence electrons. The van der Waals surface area contributed by atoms with Gasteiger partial charge in [-0.3, -0.25) is 4.79 Å². The Morgan fingerprint density at radius 1 is 1.30 bits per heavy atom. The Balaban J connectivity index is 2.59. The zero-order valence-electron chi connectivity index (χ0n) is 12.5. The minimum atomic E-state index is -0.167. The fourth-order valence-electron chi connectivity index (χ4n) is 1.54. The van der Waals surface area contributed by atoms with E-state index in [0.29, 0.717) is 17.4 Å². The summed E-state index contributed by atoms with van der Waals surface area (Å²) in [6.07, 6.45) is 0. The second kappa shape index (κ2) is 7.75. The monoisotopic (exact) mass is 281 g/mol. The molecule has 1 rings (SSSR count). The highest BCUT2D eigenvalue weighted by atomic mass is 16.5. The van der Waals surface area contributed by atoms with Gasteiger partial charge in [-0.05, 0) is 30.5 Å². The number of nitrogens with one attached hydrogen (secondary N) is 1. The van der Waals surface area contributed by atoms with E-state index in [9.17, 15) is 4.79 Å². The molecule has 0 fully saturated rings. The molecule has 20 heavy (non-hydrogen) atoms. The Labute approximate surface area is 119 Å². The molecule has 1 aromatic rings. The lowest BCUT2D eigenvalue weighted by Gasteiger charge is -2.18. The second-order valence-electron chi connectivity index (χ2n) is 5.03. The normalized spacial score (nSPS) is 12.1. The molecular weight excluding hydrogens is 258 g/mol. The van der Waals surface area contributed by atoms with Gasteiger partial charge in [0.05, 0.1) is 13.7 Å². The molecule has 0 bridgehead atoms. The molecule has 1 atom stereocenters. The molecule has 0 saturated heterocycles. The molecule has 1 amide bonds. The van der Waals surface area contributed by atoms with E-state index < -0.39 is 0 Å². The van der Waals surface area contributed by atoms with Crippen molar-refractivity contribution in [3.8, 4) is 11.5 Å². The van der Waals surface area contributed by atoms with Crippen LogP contribution in [0.4, 0.5) is 0 Å². The molecule has 0 spiro atoms. The van der Waals surface area contributed by atoms with Crippen molar-refractivity contribution in [1.82, 2.24) is 5.32 Å². The van der Waals surface area contributed by atoms with Crippen LogP contribution in [-0.2, 0) is 11.4 Å². The number of hydrogen-bond donors (Lipinski definition) is 2. The standard InChI is InChI=1S/C15H23NO4/c1-10(2)11(3)16-15(18)9-20-13-6-5-12(8-17)7-14(13)19-4/h5-7,10-11,17H,8-9H2,1-4H3,(H,16,18). The van der Waals surface area contributed by atoms with Crippen LogP contribution in [0, 0.1) is 5.92 Å². The third kappa shape index (κ3) is 4.74. The molecule has 1 aromatic carbocycles. The number of aliphatic hydroxyl groups is 1. The zero-order valence-corrected chi connectivity index (χ0v) is 12.5. The van der Waals surface area contributed by atoms with Crippen molar-refractivity contribution in [2.24, 2.45) is 5.92 Å². The lowest BCUT2D eigenvalue weighted by molar-refractivity contribution is -0.124. The Hall–Kier alpha value is -1.75. The predicted molar refractivity (Wildman–Crippen MR) is 76.9 cm³/mol. The molecular formula is C15H23NO4. The Kier molecular flexibility index (Phi) is 6.31. The van der Waals surface area contributed by atoms with Gasteiger partial charge in [-0.25, -0.2) is 0 Å². The molecule has 5 heteroatoms. The molecule has 5 nitrogen and oxygen atoms in total. The molecule has 0 radical (unpaired) electrons. The van der Waals surface area contributed by atoms with Crippen molar-refractivity contribution in [2.75, 3.05) is 13.7 Å². The predicted octanol–water partition coefficient (Wildman–Crippen LogP) is 1.73. The van der Waals surface area contributed by atoms with Gasteiger partial charge in [-0.15, -0.1) is 0 Å². The second-order valence-corrected chi connectivity index (χ2v) is 5.03. The average Bonchev–Trinajstić information content (AvgIpc) is 2.44. The number of rotatable bonds is 7. The highest BCUT2D eigenvalue weighted by Gasteiger charge is 2.12. The van der Waals surface area contributed by atoms with E-state index in [1.807, 2.05) is 20.8 Å². The first-order chi connectivity index (χ1) is 9.47. The van der Waals surface area contributed by atoms with Gasteiger partial charge in [0.1, 0.15) is 0 Å². The highest BCUT2D eigenvalue weighted by molar-refractivity contribution is 5.77. The van der Waals surface area contributed by atoms with Gasteiger partial charge in [-0.2, -0.15) is 0 Å². The number of aliphatic hydroxyl groups excluding tert-OH is 1. The van der Waals surface area contributed by atoms with E-state index in [-0.39, 0.29) is 25.2 Å². The van der Waals surface area contributed by atoms with Crippen LogP contribution in [0.2, 0.25) is 0 Å². The van der Waals surface area contributed by atoms with Crippen molar-refractivity contribution in [2.45, 2.75) is 33.4 Å². The third-order valence-electron chi connectivity index (χ3n) is 3.16. The van der Waals surface area contributed by atoms with Crippen molar-refractivity contribution >= 4 is 5.91 Å². The van der Waals surface area contributed by atoms with Crippen molar-refractivity contribution in [3.63, 3.8) is 0 Å². The first-order valence-electron chi connectivity index (χ1n) is 6.67. The molecule has 2 N–H and O–H groups in total. The first-order valence-corrected chi connectivity index (χ1v) is 6.67. The molecule has 0 aromatic heterocycles. The van der Waals surface area contributed by atoms with E-state index in [1.165, 1.54) is 7.11 Å². The summed E-state index contributed by atoms with van der Waals surface area (Å²) in [5.41, 5.74) is 0.729. The Morgan fingerprint density at radius 2 is 2.00 bits per heavy atom. The van der Waals surface area contributed by atoms with Crippen LogP contribution < -0.4 is 14.8 Å². The fourth-order valence-corrected chi connectivity index (χ4v) is 1.54. The molecule has 0 saturated carbocycles. The van der Waals surface area contributed by atoms with Crippen LogP contribution in [0.3, 0.4) is 0 Å². The molecule has 1 unspecified atom stereocenters. The summed E-state index contributed by atoms with van der Waals surface area (Å²) in [6, 6.07) is 5.20. The van der Waals surface area contributed by atoms with Crippen LogP contribution in [-0.4, -0.2) is 30.8 Å². The average molecular weight is 281 g/mol. The Bertz CT molecular complexity index is 445. The van der Waals surface area contributed by atoms with Crippen molar-refractivity contribution < 1.29 is 19.4 Å². The summed E-state index contributed by atoms with van der Waals surface area (Å²) in [5, 5.41) is 11.9. The summed E-state index contributed by atoms with van der Waals surface area (Å²) >= 11 is 0. The summed E-state index contributed by atoms with van der Waals surface area (Å²) in [4.78, 5) is 11.7. The smallest absolute Gasteiger partial charge is 0.258 e. The van der Waals surface area contributed by atoms with Gasteiger partial charge in [0.2, 0.25) is 0 Å². The number of benzene rings is 1. The van der Waals surface area contributed by atoms with Crippen LogP contribution >= 0.6 is 0 Å². The van der Waals surface area contributed by atoms with E-state index in [1.54, 1.807) is 18.2 Å². The van der Waals surface area contributed by atoms with Gasteiger partial charge in [0.25, 0.3) is 5.91 Å². The van der Waals surface area contributed by atoms with Crippen LogP contribution in [0.15, 0.2) is 18.2 Å². The van der Waals surface area contributed by atoms with Gasteiger partial charge >= 0.3 is 0 Å². The van der Waals surface area contributed by atoms with Crippen LogP contribution in [0.1, 0.15) is 26.3 Å². The van der Waals surface area contributed by atoms with Gasteiger partial charge in [0.15, 0.2) is 18.1 Å². The van der Waals surface area contributed by atoms with E-state index >= 15 is 0 Å². The molecule has 0 aliphatic carbocycles. The van der Waals surface area contributed by atoms with Crippen LogP contribution in [0.25, 0.3) is 0 Å². The number of carbonyl (C=O) groups is 1. The number of carbonyl (C=O) groups excluding carboxylic acids is 1. The maximum absolute atomic E-state index is 11.7. The maximum atomic E-state index is 11.7. The topological polar surface area (TPSA) is 67.8 Å². The Morgan fingerprint density at radius 3 is 2.55 bits per heavy atom. The minimum absolute atomic E-state index is 0.0636. The van der Waals surface area contributed by atoms with Crippen LogP contribution in [0.5, 0.6) is 11.5 Å². The van der Waals surface area contributed by atoms with Crippen molar-refractivity contribution in [3.05, 3.63) is 23.8 Å².